The van der Waals surface area contributed by atoms with Crippen LogP contribution in [0.5, 0.6) is 0 Å². The van der Waals surface area contributed by atoms with Gasteiger partial charge in [-0.15, -0.1) is 0 Å². The fourth-order valence-electron chi connectivity index (χ4n) is 4.06. The van der Waals surface area contributed by atoms with E-state index in [2.05, 4.69) is 24.3 Å². The fourth-order valence-corrected chi connectivity index (χ4v) is 4.06. The van der Waals surface area contributed by atoms with E-state index in [0.29, 0.717) is 19.8 Å². The average molecular weight is 449 g/mol. The molecule has 1 heterocycles. The molecule has 1 aliphatic rings. The van der Waals surface area contributed by atoms with E-state index in [4.69, 9.17) is 23.7 Å². The van der Waals surface area contributed by atoms with Crippen LogP contribution in [0, 0.1) is 0 Å². The molecule has 0 saturated carbocycles. The molecule has 0 aromatic heterocycles. The van der Waals surface area contributed by atoms with Crippen molar-refractivity contribution in [2.75, 3.05) is 7.11 Å². The lowest BCUT2D eigenvalue weighted by atomic mass is 9.98. The van der Waals surface area contributed by atoms with Gasteiger partial charge in [0.1, 0.15) is 18.3 Å². The molecule has 5 atom stereocenters. The largest absolute Gasteiger partial charge is 0.368 e. The molecular weight excluding hydrogens is 416 g/mol. The molecular formula is C28H32O5. The number of benzene rings is 3. The van der Waals surface area contributed by atoms with Crippen molar-refractivity contribution >= 4 is 0 Å². The molecule has 33 heavy (non-hydrogen) atoms. The van der Waals surface area contributed by atoms with E-state index >= 15 is 0 Å². The van der Waals surface area contributed by atoms with Crippen molar-refractivity contribution in [1.29, 1.82) is 0 Å². The molecule has 0 aliphatic carbocycles. The van der Waals surface area contributed by atoms with E-state index in [1.54, 1.807) is 7.11 Å². The Morgan fingerprint density at radius 1 is 0.576 bits per heavy atom. The van der Waals surface area contributed by atoms with Crippen LogP contribution < -0.4 is 0 Å². The molecule has 174 valence electrons. The SMILES string of the molecule is CO[C@@H]1O[C@H](C)[C@H](OCc2ccccc2)[C@H](OCc2ccccc2)[C@H]1OCc1ccccc1. The molecule has 0 amide bonds. The summed E-state index contributed by atoms with van der Waals surface area (Å²) in [5, 5.41) is 0. The van der Waals surface area contributed by atoms with Crippen LogP contribution in [-0.2, 0) is 43.5 Å². The van der Waals surface area contributed by atoms with Crippen LogP contribution >= 0.6 is 0 Å². The van der Waals surface area contributed by atoms with Crippen LogP contribution in [-0.4, -0.2) is 37.8 Å². The molecule has 0 bridgehead atoms. The standard InChI is InChI=1S/C28H32O5/c1-21-25(30-18-22-12-6-3-7-13-22)26(31-19-23-14-8-4-9-15-23)27(28(29-2)33-21)32-20-24-16-10-5-11-17-24/h3-17,21,25-28H,18-20H2,1-2H3/t21-,25+,26+,27-,28-/m1/s1. The van der Waals surface area contributed by atoms with E-state index in [1.807, 2.05) is 73.7 Å². The molecule has 3 aromatic rings. The van der Waals surface area contributed by atoms with Gasteiger partial charge in [0.25, 0.3) is 0 Å². The first kappa shape index (κ1) is 23.6. The quantitative estimate of drug-likeness (QED) is 0.430. The Balaban J connectivity index is 1.53. The topological polar surface area (TPSA) is 46.2 Å². The molecule has 1 aliphatic heterocycles. The van der Waals surface area contributed by atoms with Crippen molar-refractivity contribution in [2.45, 2.75) is 57.5 Å². The van der Waals surface area contributed by atoms with E-state index in [1.165, 1.54) is 0 Å². The zero-order chi connectivity index (χ0) is 22.9. The lowest BCUT2D eigenvalue weighted by Crippen LogP contribution is -2.59. The minimum atomic E-state index is -0.555. The Morgan fingerprint density at radius 3 is 1.39 bits per heavy atom. The van der Waals surface area contributed by atoms with Gasteiger partial charge in [0.15, 0.2) is 6.29 Å². The Kier molecular flexibility index (Phi) is 8.64. The molecule has 1 saturated heterocycles. The van der Waals surface area contributed by atoms with Gasteiger partial charge >= 0.3 is 0 Å². The van der Waals surface area contributed by atoms with Crippen LogP contribution in [0.4, 0.5) is 0 Å². The minimum absolute atomic E-state index is 0.226. The lowest BCUT2D eigenvalue weighted by molar-refractivity contribution is -0.314. The zero-order valence-electron chi connectivity index (χ0n) is 19.2. The van der Waals surface area contributed by atoms with Crippen molar-refractivity contribution in [3.05, 3.63) is 108 Å². The first-order valence-electron chi connectivity index (χ1n) is 11.4. The normalized spacial score (nSPS) is 25.1. The minimum Gasteiger partial charge on any atom is -0.368 e. The van der Waals surface area contributed by atoms with Gasteiger partial charge in [0.05, 0.1) is 25.9 Å². The smallest absolute Gasteiger partial charge is 0.186 e. The highest BCUT2D eigenvalue weighted by atomic mass is 16.7. The third-order valence-corrected chi connectivity index (χ3v) is 5.82. The number of methoxy groups -OCH3 is 1. The maximum atomic E-state index is 6.46. The van der Waals surface area contributed by atoms with Crippen LogP contribution in [0.3, 0.4) is 0 Å². The highest BCUT2D eigenvalue weighted by molar-refractivity contribution is 5.15. The third-order valence-electron chi connectivity index (χ3n) is 5.82. The number of hydrogen-bond donors (Lipinski definition) is 0. The summed E-state index contributed by atoms with van der Waals surface area (Å²) >= 11 is 0. The summed E-state index contributed by atoms with van der Waals surface area (Å²) in [5.41, 5.74) is 3.27. The summed E-state index contributed by atoms with van der Waals surface area (Å²) in [7, 11) is 1.63. The molecule has 0 unspecified atom stereocenters. The zero-order valence-corrected chi connectivity index (χ0v) is 19.2. The van der Waals surface area contributed by atoms with Gasteiger partial charge in [-0.1, -0.05) is 91.0 Å². The van der Waals surface area contributed by atoms with E-state index < -0.39 is 12.4 Å². The number of hydrogen-bond acceptors (Lipinski definition) is 5. The molecule has 5 nitrogen and oxygen atoms in total. The third kappa shape index (κ3) is 6.50. The van der Waals surface area contributed by atoms with E-state index in [9.17, 15) is 0 Å². The van der Waals surface area contributed by atoms with E-state index in [-0.39, 0.29) is 18.3 Å². The number of rotatable bonds is 10. The second-order valence-electron chi connectivity index (χ2n) is 8.23. The van der Waals surface area contributed by atoms with E-state index in [0.717, 1.165) is 16.7 Å². The fraction of sp³-hybridized carbons (Fsp3) is 0.357. The molecule has 4 rings (SSSR count). The molecule has 1 fully saturated rings. The van der Waals surface area contributed by atoms with Crippen molar-refractivity contribution in [1.82, 2.24) is 0 Å². The van der Waals surface area contributed by atoms with Crippen LogP contribution in [0.2, 0.25) is 0 Å². The Labute approximate surface area is 196 Å². The molecule has 0 radical (unpaired) electrons. The summed E-state index contributed by atoms with van der Waals surface area (Å²) < 4.78 is 31.0. The second-order valence-corrected chi connectivity index (χ2v) is 8.23. The summed E-state index contributed by atoms with van der Waals surface area (Å²) in [4.78, 5) is 0. The van der Waals surface area contributed by atoms with Gasteiger partial charge in [0, 0.05) is 7.11 Å². The molecule has 3 aromatic carbocycles. The van der Waals surface area contributed by atoms with Crippen molar-refractivity contribution < 1.29 is 23.7 Å². The van der Waals surface area contributed by atoms with Gasteiger partial charge in [-0.2, -0.15) is 0 Å². The van der Waals surface area contributed by atoms with Gasteiger partial charge in [-0.3, -0.25) is 0 Å². The Bertz CT molecular complexity index is 934. The summed E-state index contributed by atoms with van der Waals surface area (Å²) in [6, 6.07) is 30.3. The monoisotopic (exact) mass is 448 g/mol. The molecule has 0 N–H and O–H groups in total. The van der Waals surface area contributed by atoms with Gasteiger partial charge in [0.2, 0.25) is 0 Å². The van der Waals surface area contributed by atoms with Gasteiger partial charge in [-0.05, 0) is 23.6 Å². The molecule has 0 spiro atoms. The summed E-state index contributed by atoms with van der Waals surface area (Å²) in [6.07, 6.45) is -1.92. The highest BCUT2D eigenvalue weighted by Gasteiger charge is 2.47. The Morgan fingerprint density at radius 2 is 0.970 bits per heavy atom. The van der Waals surface area contributed by atoms with Crippen molar-refractivity contribution in [3.8, 4) is 0 Å². The van der Waals surface area contributed by atoms with Crippen molar-refractivity contribution in [2.24, 2.45) is 0 Å². The molecule has 5 heteroatoms. The van der Waals surface area contributed by atoms with Crippen LogP contribution in [0.1, 0.15) is 23.6 Å². The summed E-state index contributed by atoms with van der Waals surface area (Å²) in [6.45, 7) is 3.34. The van der Waals surface area contributed by atoms with Gasteiger partial charge in [-0.25, -0.2) is 0 Å². The average Bonchev–Trinajstić information content (AvgIpc) is 2.87. The predicted octanol–water partition coefficient (Wildman–Crippen LogP) is 5.13. The Hall–Kier alpha value is -2.54. The maximum absolute atomic E-state index is 6.46. The first-order chi connectivity index (χ1) is 16.2. The van der Waals surface area contributed by atoms with Crippen LogP contribution in [0.15, 0.2) is 91.0 Å². The first-order valence-corrected chi connectivity index (χ1v) is 11.4. The summed E-state index contributed by atoms with van der Waals surface area (Å²) in [5.74, 6) is 0. The number of ether oxygens (including phenoxy) is 5. The predicted molar refractivity (Wildman–Crippen MR) is 126 cm³/mol. The van der Waals surface area contributed by atoms with Gasteiger partial charge < -0.3 is 23.7 Å². The lowest BCUT2D eigenvalue weighted by Gasteiger charge is -2.44. The highest BCUT2D eigenvalue weighted by Crippen LogP contribution is 2.30. The second kappa shape index (κ2) is 12.1. The van der Waals surface area contributed by atoms with Crippen molar-refractivity contribution in [3.63, 3.8) is 0 Å². The van der Waals surface area contributed by atoms with Crippen LogP contribution in [0.25, 0.3) is 0 Å². The maximum Gasteiger partial charge on any atom is 0.186 e.